The maximum Gasteiger partial charge on any atom is 0.272 e. The number of carbonyl (C=O) groups is 1. The van der Waals surface area contributed by atoms with E-state index < -0.39 is 0 Å². The Balaban J connectivity index is 1.65. The van der Waals surface area contributed by atoms with Crippen molar-refractivity contribution in [2.45, 2.75) is 13.5 Å². The van der Waals surface area contributed by atoms with Gasteiger partial charge in [-0.3, -0.25) is 4.79 Å². The van der Waals surface area contributed by atoms with E-state index in [2.05, 4.69) is 35.7 Å². The molecule has 106 valence electrons. The van der Waals surface area contributed by atoms with Crippen molar-refractivity contribution in [2.24, 2.45) is 0 Å². The third kappa shape index (κ3) is 2.88. The summed E-state index contributed by atoms with van der Waals surface area (Å²) in [5, 5.41) is 17.9. The van der Waals surface area contributed by atoms with Crippen LogP contribution < -0.4 is 5.32 Å². The Bertz CT molecular complexity index is 734. The molecule has 0 aliphatic heterocycles. The van der Waals surface area contributed by atoms with Crippen LogP contribution in [0.25, 0.3) is 5.82 Å². The minimum absolute atomic E-state index is 0.131. The van der Waals surface area contributed by atoms with Crippen LogP contribution in [0.15, 0.2) is 29.3 Å². The average molecular weight is 286 g/mol. The molecule has 0 saturated heterocycles. The molecule has 0 saturated carbocycles. The summed E-state index contributed by atoms with van der Waals surface area (Å²) in [5.41, 5.74) is 0.176. The Morgan fingerprint density at radius 2 is 2.29 bits per heavy atom. The van der Waals surface area contributed by atoms with Crippen molar-refractivity contribution in [3.05, 3.63) is 42.2 Å². The number of amides is 1. The fourth-order valence-electron chi connectivity index (χ4n) is 1.55. The summed E-state index contributed by atoms with van der Waals surface area (Å²) in [7, 11) is 0. The van der Waals surface area contributed by atoms with Gasteiger partial charge in [-0.1, -0.05) is 5.16 Å². The van der Waals surface area contributed by atoms with Crippen LogP contribution in [0.3, 0.4) is 0 Å². The summed E-state index contributed by atoms with van der Waals surface area (Å²) >= 11 is 0. The van der Waals surface area contributed by atoms with Crippen molar-refractivity contribution in [3.63, 3.8) is 0 Å². The second-order valence-corrected chi connectivity index (χ2v) is 4.03. The molecule has 0 bridgehead atoms. The van der Waals surface area contributed by atoms with Gasteiger partial charge in [-0.15, -0.1) is 10.2 Å². The van der Waals surface area contributed by atoms with Gasteiger partial charge in [0.25, 0.3) is 5.91 Å². The number of nitrogens with one attached hydrogen (secondary N) is 1. The third-order valence-corrected chi connectivity index (χ3v) is 2.51. The summed E-state index contributed by atoms with van der Waals surface area (Å²) in [5.74, 6) is 0.921. The standard InChI is InChI=1S/C11H10N8O2/c1-7-15-10(21-18-7)4-13-11(20)8-2-3-9(17-16-8)19-6-12-5-14-19/h2-3,5-6H,4H2,1H3,(H,13,20). The van der Waals surface area contributed by atoms with Gasteiger partial charge in [-0.25, -0.2) is 9.67 Å². The smallest absolute Gasteiger partial charge is 0.272 e. The monoisotopic (exact) mass is 286 g/mol. The van der Waals surface area contributed by atoms with Crippen molar-refractivity contribution < 1.29 is 9.32 Å². The maximum atomic E-state index is 11.9. The predicted octanol–water partition coefficient (Wildman–Crippen LogP) is -0.321. The molecule has 0 spiro atoms. The lowest BCUT2D eigenvalue weighted by Gasteiger charge is -2.02. The van der Waals surface area contributed by atoms with Crippen LogP contribution in [0, 0.1) is 6.92 Å². The van der Waals surface area contributed by atoms with Gasteiger partial charge in [-0.05, 0) is 19.1 Å². The lowest BCUT2D eigenvalue weighted by atomic mass is 10.3. The highest BCUT2D eigenvalue weighted by molar-refractivity contribution is 5.91. The lowest BCUT2D eigenvalue weighted by Crippen LogP contribution is -2.24. The first kappa shape index (κ1) is 12.8. The summed E-state index contributed by atoms with van der Waals surface area (Å²) in [6, 6.07) is 3.16. The molecule has 3 aromatic heterocycles. The quantitative estimate of drug-likeness (QED) is 0.691. The molecule has 10 heteroatoms. The van der Waals surface area contributed by atoms with E-state index in [0.717, 1.165) is 0 Å². The molecular formula is C11H10N8O2. The highest BCUT2D eigenvalue weighted by atomic mass is 16.5. The fraction of sp³-hybridized carbons (Fsp3) is 0.182. The van der Waals surface area contributed by atoms with Gasteiger partial charge in [0, 0.05) is 0 Å². The molecular weight excluding hydrogens is 276 g/mol. The second-order valence-electron chi connectivity index (χ2n) is 4.03. The third-order valence-electron chi connectivity index (χ3n) is 2.51. The molecule has 0 aliphatic rings. The molecule has 10 nitrogen and oxygen atoms in total. The predicted molar refractivity (Wildman–Crippen MR) is 67.2 cm³/mol. The summed E-state index contributed by atoms with van der Waals surface area (Å²) < 4.78 is 6.33. The van der Waals surface area contributed by atoms with Crippen LogP contribution in [0.2, 0.25) is 0 Å². The minimum Gasteiger partial charge on any atom is -0.342 e. The number of aryl methyl sites for hydroxylation is 1. The number of aromatic nitrogens is 7. The highest BCUT2D eigenvalue weighted by Crippen LogP contribution is 2.01. The zero-order chi connectivity index (χ0) is 14.7. The molecule has 1 N–H and O–H groups in total. The van der Waals surface area contributed by atoms with Gasteiger partial charge < -0.3 is 9.84 Å². The average Bonchev–Trinajstić information content (AvgIpc) is 3.16. The first-order valence-electron chi connectivity index (χ1n) is 5.98. The zero-order valence-electron chi connectivity index (χ0n) is 11.0. The summed E-state index contributed by atoms with van der Waals surface area (Å²) in [6.07, 6.45) is 2.87. The normalized spacial score (nSPS) is 10.5. The first-order valence-corrected chi connectivity index (χ1v) is 5.98. The van der Waals surface area contributed by atoms with Gasteiger partial charge >= 0.3 is 0 Å². The van der Waals surface area contributed by atoms with Crippen molar-refractivity contribution in [1.82, 2.24) is 40.4 Å². The van der Waals surface area contributed by atoms with E-state index in [1.54, 1.807) is 19.1 Å². The second kappa shape index (κ2) is 5.45. The number of rotatable bonds is 4. The van der Waals surface area contributed by atoms with Crippen molar-refractivity contribution in [2.75, 3.05) is 0 Å². The number of hydrogen-bond donors (Lipinski definition) is 1. The van der Waals surface area contributed by atoms with Gasteiger partial charge in [0.2, 0.25) is 5.89 Å². The Hall–Kier alpha value is -3.17. The SMILES string of the molecule is Cc1noc(CNC(=O)c2ccc(-n3cncn3)nn2)n1. The van der Waals surface area contributed by atoms with E-state index in [9.17, 15) is 4.79 Å². The molecule has 3 heterocycles. The van der Waals surface area contributed by atoms with E-state index in [-0.39, 0.29) is 18.1 Å². The van der Waals surface area contributed by atoms with Gasteiger partial charge in [-0.2, -0.15) is 10.1 Å². The van der Waals surface area contributed by atoms with Gasteiger partial charge in [0.05, 0.1) is 6.54 Å². The molecule has 0 fully saturated rings. The molecule has 0 aliphatic carbocycles. The van der Waals surface area contributed by atoms with E-state index in [0.29, 0.717) is 17.5 Å². The Kier molecular flexibility index (Phi) is 3.33. The van der Waals surface area contributed by atoms with E-state index in [4.69, 9.17) is 4.52 Å². The van der Waals surface area contributed by atoms with Gasteiger partial charge in [0.15, 0.2) is 17.3 Å². The molecule has 0 unspecified atom stereocenters. The maximum absolute atomic E-state index is 11.9. The number of hydrogen-bond acceptors (Lipinski definition) is 8. The van der Waals surface area contributed by atoms with Gasteiger partial charge in [0.1, 0.15) is 12.7 Å². The van der Waals surface area contributed by atoms with Crippen molar-refractivity contribution >= 4 is 5.91 Å². The van der Waals surface area contributed by atoms with Crippen LogP contribution in [-0.2, 0) is 6.54 Å². The van der Waals surface area contributed by atoms with E-state index in [1.807, 2.05) is 0 Å². The van der Waals surface area contributed by atoms with Crippen LogP contribution in [0.5, 0.6) is 0 Å². The molecule has 3 rings (SSSR count). The van der Waals surface area contributed by atoms with Crippen LogP contribution in [0.1, 0.15) is 22.2 Å². The first-order chi connectivity index (χ1) is 10.2. The number of nitrogens with zero attached hydrogens (tertiary/aromatic N) is 7. The highest BCUT2D eigenvalue weighted by Gasteiger charge is 2.10. The Labute approximate surface area is 118 Å². The molecule has 1 amide bonds. The van der Waals surface area contributed by atoms with Crippen LogP contribution >= 0.6 is 0 Å². The Morgan fingerprint density at radius 3 is 2.90 bits per heavy atom. The zero-order valence-corrected chi connectivity index (χ0v) is 11.0. The fourth-order valence-corrected chi connectivity index (χ4v) is 1.55. The largest absolute Gasteiger partial charge is 0.342 e. The molecule has 21 heavy (non-hydrogen) atoms. The van der Waals surface area contributed by atoms with Crippen molar-refractivity contribution in [1.29, 1.82) is 0 Å². The van der Waals surface area contributed by atoms with Crippen molar-refractivity contribution in [3.8, 4) is 5.82 Å². The number of carbonyl (C=O) groups excluding carboxylic acids is 1. The van der Waals surface area contributed by atoms with E-state index >= 15 is 0 Å². The summed E-state index contributed by atoms with van der Waals surface area (Å²) in [6.45, 7) is 1.83. The van der Waals surface area contributed by atoms with Crippen LogP contribution in [-0.4, -0.2) is 41.0 Å². The molecule has 0 radical (unpaired) electrons. The minimum atomic E-state index is -0.386. The topological polar surface area (TPSA) is 125 Å². The molecule has 0 aromatic carbocycles. The molecule has 3 aromatic rings. The summed E-state index contributed by atoms with van der Waals surface area (Å²) in [4.78, 5) is 19.7. The molecule has 0 atom stereocenters. The lowest BCUT2D eigenvalue weighted by molar-refractivity contribution is 0.0940. The van der Waals surface area contributed by atoms with E-state index in [1.165, 1.54) is 17.3 Å². The Morgan fingerprint density at radius 1 is 1.38 bits per heavy atom. The van der Waals surface area contributed by atoms with Crippen LogP contribution in [0.4, 0.5) is 0 Å².